The van der Waals surface area contributed by atoms with Crippen LogP contribution in [-0.2, 0) is 9.84 Å². The van der Waals surface area contributed by atoms with Crippen LogP contribution in [-0.4, -0.2) is 13.7 Å². The Labute approximate surface area is 112 Å². The summed E-state index contributed by atoms with van der Waals surface area (Å²) in [6.07, 6.45) is 0.434. The standard InChI is InChI=1S/C14H18F2O2S/c1-8-5-10(14(2,3)4)9-6-11(15)12(16)7-13(9)19(8,17)18/h6-8,10H,5H2,1-4H3. The van der Waals surface area contributed by atoms with Crippen LogP contribution < -0.4 is 0 Å². The van der Waals surface area contributed by atoms with Crippen LogP contribution in [0.15, 0.2) is 17.0 Å². The van der Waals surface area contributed by atoms with Crippen LogP contribution in [0.2, 0.25) is 0 Å². The van der Waals surface area contributed by atoms with E-state index in [0.717, 1.165) is 12.1 Å². The first-order valence-corrected chi connectivity index (χ1v) is 7.82. The third kappa shape index (κ3) is 2.29. The Hall–Kier alpha value is -0.970. The normalized spacial score (nSPS) is 26.0. The Morgan fingerprint density at radius 1 is 1.16 bits per heavy atom. The minimum Gasteiger partial charge on any atom is -0.223 e. The van der Waals surface area contributed by atoms with Gasteiger partial charge >= 0.3 is 0 Å². The van der Waals surface area contributed by atoms with Gasteiger partial charge in [-0.15, -0.1) is 0 Å². The smallest absolute Gasteiger partial charge is 0.181 e. The molecule has 0 radical (unpaired) electrons. The van der Waals surface area contributed by atoms with E-state index in [0.29, 0.717) is 12.0 Å². The van der Waals surface area contributed by atoms with Crippen LogP contribution in [0, 0.1) is 17.0 Å². The van der Waals surface area contributed by atoms with E-state index in [1.165, 1.54) is 0 Å². The van der Waals surface area contributed by atoms with E-state index in [2.05, 4.69) is 0 Å². The molecule has 2 nitrogen and oxygen atoms in total. The molecule has 0 spiro atoms. The van der Waals surface area contributed by atoms with Crippen molar-refractivity contribution in [3.05, 3.63) is 29.3 Å². The molecule has 0 fully saturated rings. The molecule has 1 aromatic rings. The van der Waals surface area contributed by atoms with Gasteiger partial charge in [-0.1, -0.05) is 20.8 Å². The molecule has 2 atom stereocenters. The van der Waals surface area contributed by atoms with E-state index in [-0.39, 0.29) is 16.2 Å². The monoisotopic (exact) mass is 288 g/mol. The minimum atomic E-state index is -3.56. The van der Waals surface area contributed by atoms with Gasteiger partial charge in [-0.2, -0.15) is 0 Å². The molecule has 0 N–H and O–H groups in total. The zero-order valence-corrected chi connectivity index (χ0v) is 12.3. The molecule has 1 heterocycles. The Kier molecular flexibility index (Phi) is 3.24. The maximum Gasteiger partial charge on any atom is 0.181 e. The second kappa shape index (κ2) is 4.27. The predicted molar refractivity (Wildman–Crippen MR) is 69.8 cm³/mol. The number of fused-ring (bicyclic) bond motifs is 1. The highest BCUT2D eigenvalue weighted by Gasteiger charge is 2.41. The van der Waals surface area contributed by atoms with E-state index in [1.807, 2.05) is 20.8 Å². The molecule has 0 aromatic heterocycles. The van der Waals surface area contributed by atoms with Gasteiger partial charge in [0.2, 0.25) is 0 Å². The fraction of sp³-hybridized carbons (Fsp3) is 0.571. The van der Waals surface area contributed by atoms with Gasteiger partial charge in [0.15, 0.2) is 21.5 Å². The van der Waals surface area contributed by atoms with Crippen molar-refractivity contribution >= 4 is 9.84 Å². The highest BCUT2D eigenvalue weighted by Crippen LogP contribution is 2.47. The lowest BCUT2D eigenvalue weighted by Gasteiger charge is -2.38. The molecule has 0 saturated carbocycles. The highest BCUT2D eigenvalue weighted by atomic mass is 32.2. The second-order valence-electron chi connectivity index (χ2n) is 6.31. The van der Waals surface area contributed by atoms with Crippen LogP contribution in [0.5, 0.6) is 0 Å². The first-order valence-electron chi connectivity index (χ1n) is 6.28. The van der Waals surface area contributed by atoms with E-state index in [1.54, 1.807) is 6.92 Å². The van der Waals surface area contributed by atoms with Crippen molar-refractivity contribution in [3.63, 3.8) is 0 Å². The molecular formula is C14H18F2O2S. The molecule has 0 bridgehead atoms. The van der Waals surface area contributed by atoms with Gasteiger partial charge in [-0.3, -0.25) is 0 Å². The van der Waals surface area contributed by atoms with Gasteiger partial charge in [0.1, 0.15) is 0 Å². The van der Waals surface area contributed by atoms with E-state index >= 15 is 0 Å². The van der Waals surface area contributed by atoms with Crippen LogP contribution in [0.25, 0.3) is 0 Å². The summed E-state index contributed by atoms with van der Waals surface area (Å²) < 4.78 is 51.3. The summed E-state index contributed by atoms with van der Waals surface area (Å²) in [7, 11) is -3.56. The summed E-state index contributed by atoms with van der Waals surface area (Å²) in [6.45, 7) is 7.56. The summed E-state index contributed by atoms with van der Waals surface area (Å²) in [4.78, 5) is -0.0509. The molecular weight excluding hydrogens is 270 g/mol. The molecule has 2 rings (SSSR count). The summed E-state index contributed by atoms with van der Waals surface area (Å²) in [5.74, 6) is -2.20. The molecule has 1 aromatic carbocycles. The number of hydrogen-bond acceptors (Lipinski definition) is 2. The minimum absolute atomic E-state index is 0.0509. The van der Waals surface area contributed by atoms with E-state index < -0.39 is 26.7 Å². The van der Waals surface area contributed by atoms with Gasteiger partial charge in [-0.05, 0) is 42.4 Å². The lowest BCUT2D eigenvalue weighted by molar-refractivity contribution is 0.293. The predicted octanol–water partition coefficient (Wildman–Crippen LogP) is 3.66. The first-order chi connectivity index (χ1) is 8.55. The van der Waals surface area contributed by atoms with Crippen molar-refractivity contribution in [2.75, 3.05) is 0 Å². The molecule has 1 aliphatic rings. The maximum atomic E-state index is 13.4. The number of sulfone groups is 1. The lowest BCUT2D eigenvalue weighted by Crippen LogP contribution is -2.33. The summed E-state index contributed by atoms with van der Waals surface area (Å²) in [5, 5.41) is -0.575. The van der Waals surface area contributed by atoms with Crippen molar-refractivity contribution in [2.45, 2.75) is 50.2 Å². The van der Waals surface area contributed by atoms with Gasteiger partial charge in [-0.25, -0.2) is 17.2 Å². The fourth-order valence-electron chi connectivity index (χ4n) is 2.69. The van der Waals surface area contributed by atoms with Crippen LogP contribution >= 0.6 is 0 Å². The molecule has 19 heavy (non-hydrogen) atoms. The van der Waals surface area contributed by atoms with Crippen molar-refractivity contribution in [1.82, 2.24) is 0 Å². The Morgan fingerprint density at radius 3 is 2.21 bits per heavy atom. The number of rotatable bonds is 0. The van der Waals surface area contributed by atoms with Crippen molar-refractivity contribution in [2.24, 2.45) is 5.41 Å². The van der Waals surface area contributed by atoms with Gasteiger partial charge in [0.25, 0.3) is 0 Å². The maximum absolute atomic E-state index is 13.4. The first kappa shape index (κ1) is 14.4. The quantitative estimate of drug-likeness (QED) is 0.683. The molecule has 0 aliphatic carbocycles. The number of benzene rings is 1. The van der Waals surface area contributed by atoms with Crippen LogP contribution in [0.3, 0.4) is 0 Å². The Morgan fingerprint density at radius 2 is 1.68 bits per heavy atom. The number of halogens is 2. The molecule has 5 heteroatoms. The summed E-state index contributed by atoms with van der Waals surface area (Å²) in [5.41, 5.74) is 0.202. The zero-order valence-electron chi connectivity index (χ0n) is 11.5. The van der Waals surface area contributed by atoms with Crippen molar-refractivity contribution in [3.8, 4) is 0 Å². The van der Waals surface area contributed by atoms with Crippen LogP contribution in [0.1, 0.15) is 45.6 Å². The molecule has 0 saturated heterocycles. The van der Waals surface area contributed by atoms with Gasteiger partial charge < -0.3 is 0 Å². The third-order valence-corrected chi connectivity index (χ3v) is 6.10. The third-order valence-electron chi connectivity index (χ3n) is 3.88. The van der Waals surface area contributed by atoms with Crippen LogP contribution in [0.4, 0.5) is 8.78 Å². The molecule has 1 aliphatic heterocycles. The Balaban J connectivity index is 2.76. The van der Waals surface area contributed by atoms with Crippen molar-refractivity contribution in [1.29, 1.82) is 0 Å². The lowest BCUT2D eigenvalue weighted by atomic mass is 9.74. The fourth-order valence-corrected chi connectivity index (χ4v) is 4.36. The zero-order chi connectivity index (χ0) is 14.6. The summed E-state index contributed by atoms with van der Waals surface area (Å²) in [6, 6.07) is 1.87. The van der Waals surface area contributed by atoms with E-state index in [4.69, 9.17) is 0 Å². The van der Waals surface area contributed by atoms with Crippen molar-refractivity contribution < 1.29 is 17.2 Å². The SMILES string of the molecule is CC1CC(C(C)(C)C)c2cc(F)c(F)cc2S1(=O)=O. The molecule has 0 amide bonds. The average molecular weight is 288 g/mol. The van der Waals surface area contributed by atoms with Gasteiger partial charge in [0.05, 0.1) is 10.1 Å². The molecule has 2 unspecified atom stereocenters. The second-order valence-corrected chi connectivity index (χ2v) is 8.65. The van der Waals surface area contributed by atoms with Gasteiger partial charge in [0, 0.05) is 0 Å². The van der Waals surface area contributed by atoms with E-state index in [9.17, 15) is 17.2 Å². The topological polar surface area (TPSA) is 34.1 Å². The Bertz CT molecular complexity index is 615. The highest BCUT2D eigenvalue weighted by molar-refractivity contribution is 7.92. The summed E-state index contributed by atoms with van der Waals surface area (Å²) >= 11 is 0. The average Bonchev–Trinajstić information content (AvgIpc) is 2.25. The largest absolute Gasteiger partial charge is 0.223 e. The molecule has 106 valence electrons. The number of hydrogen-bond donors (Lipinski definition) is 0.